The Morgan fingerprint density at radius 1 is 1.27 bits per heavy atom. The lowest BCUT2D eigenvalue weighted by Crippen LogP contribution is -2.45. The van der Waals surface area contributed by atoms with Crippen molar-refractivity contribution in [1.82, 2.24) is 19.2 Å². The Bertz CT molecular complexity index is 1650. The number of nitrogens with zero attached hydrogens (tertiary/aromatic N) is 6. The van der Waals surface area contributed by atoms with Crippen molar-refractivity contribution in [3.63, 3.8) is 0 Å². The van der Waals surface area contributed by atoms with Gasteiger partial charge in [0.05, 0.1) is 18.3 Å². The third-order valence-corrected chi connectivity index (χ3v) is 6.44. The van der Waals surface area contributed by atoms with E-state index in [1.165, 1.54) is 17.1 Å². The smallest absolute Gasteiger partial charge is 0.321 e. The summed E-state index contributed by atoms with van der Waals surface area (Å²) in [5, 5.41) is 14.3. The van der Waals surface area contributed by atoms with Gasteiger partial charge in [0.15, 0.2) is 5.69 Å². The quantitative estimate of drug-likeness (QED) is 0.378. The molecule has 3 heterocycles. The average Bonchev–Trinajstić information content (AvgIpc) is 3.50. The summed E-state index contributed by atoms with van der Waals surface area (Å²) in [5.41, 5.74) is 5.58. The van der Waals surface area contributed by atoms with Gasteiger partial charge in [-0.15, -0.1) is 0 Å². The Kier molecular flexibility index (Phi) is 8.45. The van der Waals surface area contributed by atoms with Crippen molar-refractivity contribution in [1.29, 1.82) is 0 Å². The van der Waals surface area contributed by atoms with Gasteiger partial charge in [-0.25, -0.2) is 4.39 Å². The van der Waals surface area contributed by atoms with Crippen LogP contribution in [0.2, 0.25) is 0 Å². The van der Waals surface area contributed by atoms with Gasteiger partial charge in [0, 0.05) is 24.2 Å². The predicted octanol–water partition coefficient (Wildman–Crippen LogP) is 3.23. The molecule has 3 N–H and O–H groups in total. The molecule has 1 aliphatic heterocycles. The van der Waals surface area contributed by atoms with Crippen LogP contribution in [0.4, 0.5) is 18.9 Å². The molecule has 214 valence electrons. The van der Waals surface area contributed by atoms with E-state index in [1.54, 1.807) is 25.1 Å². The molecule has 1 aromatic carbocycles. The van der Waals surface area contributed by atoms with Crippen LogP contribution in [0.5, 0.6) is 0 Å². The molecule has 0 aliphatic carbocycles. The third-order valence-electron chi connectivity index (χ3n) is 6.44. The summed E-state index contributed by atoms with van der Waals surface area (Å²) in [6, 6.07) is 5.93. The summed E-state index contributed by atoms with van der Waals surface area (Å²) in [6.45, 7) is 1.20. The Balaban J connectivity index is 1.59. The number of carbonyl (C=O) groups excluding carboxylic acids is 3. The van der Waals surface area contributed by atoms with Gasteiger partial charge < -0.3 is 16.0 Å². The molecule has 1 aliphatic rings. The van der Waals surface area contributed by atoms with Crippen LogP contribution >= 0.6 is 0 Å². The van der Waals surface area contributed by atoms with Gasteiger partial charge >= 0.3 is 6.55 Å². The van der Waals surface area contributed by atoms with E-state index in [-0.39, 0.29) is 16.7 Å². The largest absolute Gasteiger partial charge is 0.364 e. The van der Waals surface area contributed by atoms with E-state index in [0.29, 0.717) is 22.0 Å². The summed E-state index contributed by atoms with van der Waals surface area (Å²) in [7, 11) is 0. The minimum Gasteiger partial charge on any atom is -0.364 e. The molecule has 2 aromatic heterocycles. The number of aromatic nitrogens is 3. The standard InChI is InChI=1S/C26H25F3N8O4/c1-3-31-32-11-14(2)15-6-7-19-17(9-15)22(23(30)39)34-37(19)13-21(38)36-12-16(27)10-20(36)24(40)33-18-5-4-8-35(25(18)41)26(28)29/h3-9,11,16,20,26H,1,10,12-13H2,2H3,(H2,30,39)(H,33,40)/b14-11+,32-31?. The first-order valence-corrected chi connectivity index (χ1v) is 12.2. The highest BCUT2D eigenvalue weighted by Gasteiger charge is 2.40. The van der Waals surface area contributed by atoms with Crippen molar-refractivity contribution >= 4 is 39.9 Å². The van der Waals surface area contributed by atoms with Crippen LogP contribution in [0, 0.1) is 0 Å². The fourth-order valence-corrected chi connectivity index (χ4v) is 4.47. The molecule has 3 amide bonds. The molecule has 2 atom stereocenters. The summed E-state index contributed by atoms with van der Waals surface area (Å²) >= 11 is 0. The van der Waals surface area contributed by atoms with Crippen molar-refractivity contribution < 1.29 is 27.6 Å². The van der Waals surface area contributed by atoms with Crippen LogP contribution in [-0.4, -0.2) is 55.7 Å². The molecule has 0 radical (unpaired) electrons. The van der Waals surface area contributed by atoms with Gasteiger partial charge in [-0.1, -0.05) is 12.6 Å². The molecule has 1 saturated heterocycles. The number of nitrogens with two attached hydrogens (primary N) is 1. The number of pyridine rings is 1. The molecular weight excluding hydrogens is 545 g/mol. The van der Waals surface area contributed by atoms with Crippen molar-refractivity contribution in [3.05, 3.63) is 77.1 Å². The number of carbonyl (C=O) groups is 3. The number of primary amides is 1. The number of azo groups is 1. The number of amides is 3. The number of anilines is 1. The van der Waals surface area contributed by atoms with Crippen molar-refractivity contribution in [2.75, 3.05) is 11.9 Å². The van der Waals surface area contributed by atoms with E-state index < -0.39 is 60.8 Å². The molecule has 0 bridgehead atoms. The highest BCUT2D eigenvalue weighted by molar-refractivity contribution is 6.05. The van der Waals surface area contributed by atoms with Gasteiger partial charge in [-0.3, -0.25) is 28.4 Å². The molecule has 0 spiro atoms. The van der Waals surface area contributed by atoms with Crippen molar-refractivity contribution in [3.8, 4) is 0 Å². The second kappa shape index (κ2) is 12.0. The molecule has 4 rings (SSSR count). The van der Waals surface area contributed by atoms with Gasteiger partial charge in [0.2, 0.25) is 11.8 Å². The predicted molar refractivity (Wildman–Crippen MR) is 143 cm³/mol. The highest BCUT2D eigenvalue weighted by Crippen LogP contribution is 2.26. The Morgan fingerprint density at radius 3 is 2.71 bits per heavy atom. The van der Waals surface area contributed by atoms with Crippen LogP contribution < -0.4 is 16.6 Å². The van der Waals surface area contributed by atoms with Gasteiger partial charge in [0.25, 0.3) is 11.5 Å². The maximum absolute atomic E-state index is 14.4. The van der Waals surface area contributed by atoms with Crippen LogP contribution in [0.1, 0.15) is 35.9 Å². The number of nitrogens with one attached hydrogen (secondary N) is 1. The van der Waals surface area contributed by atoms with Crippen LogP contribution in [0.15, 0.2) is 70.5 Å². The SMILES string of the molecule is C=CN=N/C=C(\C)c1ccc2c(c1)c(C(N)=O)nn2CC(=O)N1CC(F)CC1C(=O)Nc1cccn(C(F)F)c1=O. The minimum atomic E-state index is -3.13. The molecule has 0 saturated carbocycles. The number of fused-ring (bicyclic) bond motifs is 1. The monoisotopic (exact) mass is 570 g/mol. The number of rotatable bonds is 9. The number of hydrogen-bond donors (Lipinski definition) is 2. The van der Waals surface area contributed by atoms with E-state index in [4.69, 9.17) is 5.73 Å². The summed E-state index contributed by atoms with van der Waals surface area (Å²) in [5.74, 6) is -2.45. The maximum Gasteiger partial charge on any atom is 0.321 e. The lowest BCUT2D eigenvalue weighted by Gasteiger charge is -2.23. The Morgan fingerprint density at radius 2 is 2.02 bits per heavy atom. The van der Waals surface area contributed by atoms with E-state index in [0.717, 1.165) is 23.2 Å². The zero-order chi connectivity index (χ0) is 29.8. The number of benzene rings is 1. The number of likely N-dealkylation sites (tertiary alicyclic amines) is 1. The van der Waals surface area contributed by atoms with E-state index in [9.17, 15) is 32.3 Å². The molecule has 15 heteroatoms. The number of halogens is 3. The van der Waals surface area contributed by atoms with Gasteiger partial charge in [0.1, 0.15) is 24.4 Å². The van der Waals surface area contributed by atoms with Gasteiger partial charge in [-0.05, 0) is 42.3 Å². The number of alkyl halides is 3. The molecule has 12 nitrogen and oxygen atoms in total. The average molecular weight is 571 g/mol. The van der Waals surface area contributed by atoms with Gasteiger partial charge in [-0.2, -0.15) is 24.1 Å². The first-order chi connectivity index (χ1) is 19.5. The molecule has 3 aromatic rings. The van der Waals surface area contributed by atoms with E-state index in [1.807, 2.05) is 0 Å². The number of hydrogen-bond acceptors (Lipinski definition) is 7. The topological polar surface area (TPSA) is 157 Å². The lowest BCUT2D eigenvalue weighted by molar-refractivity contribution is -0.137. The first-order valence-electron chi connectivity index (χ1n) is 12.2. The van der Waals surface area contributed by atoms with Crippen LogP contribution in [0.25, 0.3) is 16.5 Å². The number of allylic oxidation sites excluding steroid dienone is 1. The second-order valence-corrected chi connectivity index (χ2v) is 9.12. The second-order valence-electron chi connectivity index (χ2n) is 9.12. The summed E-state index contributed by atoms with van der Waals surface area (Å²) in [6.07, 6.45) is 1.70. The lowest BCUT2D eigenvalue weighted by atomic mass is 10.0. The van der Waals surface area contributed by atoms with E-state index >= 15 is 0 Å². The Hall–Kier alpha value is -5.08. The fraction of sp³-hybridized carbons (Fsp3) is 0.269. The third kappa shape index (κ3) is 6.08. The van der Waals surface area contributed by atoms with Crippen molar-refractivity contribution in [2.24, 2.45) is 16.0 Å². The molecular formula is C26H25F3N8O4. The Labute approximate surface area is 230 Å². The normalized spacial score (nSPS) is 17.5. The molecule has 41 heavy (non-hydrogen) atoms. The van der Waals surface area contributed by atoms with Crippen molar-refractivity contribution in [2.45, 2.75) is 38.7 Å². The van der Waals surface area contributed by atoms with Crippen LogP contribution in [0.3, 0.4) is 0 Å². The van der Waals surface area contributed by atoms with E-state index in [2.05, 4.69) is 27.2 Å². The zero-order valence-corrected chi connectivity index (χ0v) is 21.7. The fourth-order valence-electron chi connectivity index (χ4n) is 4.47. The zero-order valence-electron chi connectivity index (χ0n) is 21.7. The highest BCUT2D eigenvalue weighted by atomic mass is 19.3. The summed E-state index contributed by atoms with van der Waals surface area (Å²) < 4.78 is 41.9. The first kappa shape index (κ1) is 28.9. The summed E-state index contributed by atoms with van der Waals surface area (Å²) in [4.78, 5) is 51.6. The molecule has 2 unspecified atom stereocenters. The minimum absolute atomic E-state index is 0.103. The van der Waals surface area contributed by atoms with Crippen LogP contribution in [-0.2, 0) is 16.1 Å². The maximum atomic E-state index is 14.4. The molecule has 1 fully saturated rings.